The number of aromatic nitrogens is 4. The summed E-state index contributed by atoms with van der Waals surface area (Å²) in [4.78, 5) is 233. The largest absolute Gasteiger partial charge is 0.508 e. The zero-order valence-corrected chi connectivity index (χ0v) is 81.5. The molecule has 32 N–H and O–H groups in total. The molecule has 56 heteroatoms. The minimum absolute atomic E-state index is 0.0209. The SMILES string of the molecule is CCCC1O[C@@H]2CC3[C@@H]4CCC5=CC(=O)C=C[C@@H]5C4[C@@H](O)C[C@]3(C)[C@]2(C(=O)COC(=O)OCCSSCCNC(=O)[C@H](CCC(=O)NC[C@H](O)[C@@H](O)[C@H](O)[C@H](O)CO)NC(=O)[C@H](CCC(=O)O)NC(=O)[C@H](CCC(=O)NC[C@H](O)[C@@H](O)[C@H](O)[C@H](O)CO)NC(=O)[C@H](CCC(=O)O)NC(=O)[C@H](CCC(=O)NC[C@H](O)[C@@H](O)[C@H](O)[C@H](O)CO)NC(=O)CCCNC(=O)c2ccc(NCc3cnc4nc(N)[nH]c(=O)c4n3)cc2)O1. The fourth-order valence-electron chi connectivity index (χ4n) is 18.0. The number of aliphatic carboxylic acids is 2. The van der Waals surface area contributed by atoms with E-state index in [9.17, 15) is 169 Å². The van der Waals surface area contributed by atoms with Crippen LogP contribution >= 0.6 is 21.6 Å². The van der Waals surface area contributed by atoms with Crippen LogP contribution in [0.1, 0.15) is 145 Å². The van der Waals surface area contributed by atoms with Crippen LogP contribution in [0.4, 0.5) is 16.4 Å². The number of hydrogen-bond donors (Lipinski definition) is 31. The van der Waals surface area contributed by atoms with Gasteiger partial charge in [-0.2, -0.15) is 4.98 Å². The van der Waals surface area contributed by atoms with Crippen LogP contribution in [-0.4, -0.2) is 405 Å². The highest BCUT2D eigenvalue weighted by Crippen LogP contribution is 2.68. The molecule has 3 heterocycles. The van der Waals surface area contributed by atoms with Gasteiger partial charge in [-0.05, 0) is 125 Å². The number of hydrogen-bond acceptors (Lipinski definition) is 43. The number of amides is 10. The second-order valence-corrected chi connectivity index (χ2v) is 38.9. The van der Waals surface area contributed by atoms with Gasteiger partial charge in [-0.3, -0.25) is 76.9 Å². The fraction of sp³-hybridized carbons (Fsp3) is 0.656. The average Bonchev–Trinajstić information content (AvgIpc) is 1.51. The first-order valence-corrected chi connectivity index (χ1v) is 49.9. The van der Waals surface area contributed by atoms with E-state index in [2.05, 4.69) is 78.4 Å². The number of aliphatic hydroxyl groups is 16. The van der Waals surface area contributed by atoms with Crippen molar-refractivity contribution < 1.29 is 183 Å². The molecule has 0 spiro atoms. The predicted octanol–water partition coefficient (Wildman–Crippen LogP) is -9.43. The van der Waals surface area contributed by atoms with Crippen LogP contribution in [-0.2, 0) is 87.8 Å². The van der Waals surface area contributed by atoms with Crippen LogP contribution in [0.5, 0.6) is 0 Å². The van der Waals surface area contributed by atoms with Crippen molar-refractivity contribution in [3.63, 3.8) is 0 Å². The van der Waals surface area contributed by atoms with Gasteiger partial charge in [-0.15, -0.1) is 0 Å². The molecule has 1 aliphatic heterocycles. The van der Waals surface area contributed by atoms with E-state index in [1.54, 1.807) is 18.2 Å². The number of carbonyl (C=O) groups is 15. The third-order valence-corrected chi connectivity index (χ3v) is 28.2. The first kappa shape index (κ1) is 120. The number of allylic oxidation sites excluding steroid dienone is 4. The Morgan fingerprint density at radius 1 is 0.582 bits per heavy atom. The molecular formula is C90H132N16O38S2. The van der Waals surface area contributed by atoms with Gasteiger partial charge in [0.15, 0.2) is 35.4 Å². The number of anilines is 2. The van der Waals surface area contributed by atoms with Crippen molar-refractivity contribution in [2.24, 2.45) is 29.1 Å². The minimum Gasteiger partial charge on any atom is -0.481 e. The smallest absolute Gasteiger partial charge is 0.481 e. The van der Waals surface area contributed by atoms with Crippen molar-refractivity contribution in [2.45, 2.75) is 264 Å². The first-order valence-electron chi connectivity index (χ1n) is 47.4. The Morgan fingerprint density at radius 2 is 1.07 bits per heavy atom. The van der Waals surface area contributed by atoms with Gasteiger partial charge in [0.1, 0.15) is 91.8 Å². The summed E-state index contributed by atoms with van der Waals surface area (Å²) in [5.41, 5.74) is 4.34. The number of aliphatic hydroxyl groups excluding tert-OH is 16. The number of nitrogens with zero attached hydrogens (tertiary/aromatic N) is 3. The number of ketones is 2. The van der Waals surface area contributed by atoms with Crippen molar-refractivity contribution in [2.75, 3.05) is 88.3 Å². The molecule has 8 rings (SSSR count). The molecule has 2 aromatic heterocycles. The van der Waals surface area contributed by atoms with Crippen LogP contribution in [0.2, 0.25) is 0 Å². The van der Waals surface area contributed by atoms with Crippen molar-refractivity contribution in [1.29, 1.82) is 0 Å². The minimum atomic E-state index is -2.23. The molecule has 4 aliphatic carbocycles. The normalized spacial score (nSPS) is 22.7. The van der Waals surface area contributed by atoms with E-state index in [4.69, 9.17) is 24.7 Å². The van der Waals surface area contributed by atoms with Gasteiger partial charge in [0.2, 0.25) is 64.9 Å². The summed E-state index contributed by atoms with van der Waals surface area (Å²) in [7, 11) is 2.24. The highest BCUT2D eigenvalue weighted by Gasteiger charge is 2.75. The average molecular weight is 2110 g/mol. The van der Waals surface area contributed by atoms with Crippen molar-refractivity contribution in [1.82, 2.24) is 73.1 Å². The molecule has 26 atom stereocenters. The standard InChI is InChI=1S/C90H132N16O38S2/c1-3-5-70-143-63-31-49-48-13-9-43-30-46(110)12-14-47(43)71(48)55(111)32-89(49,2)90(63,144-70)62(118)41-142-88(140)141-27-29-146-145-28-26-93-81(134)50(15-20-64(119)95-35-56(112)73(127)76(130)59(115)38-107)101-84(137)53(18-23-68(123)124)104-83(136)52(17-22-66(121)97-37-58(114)75(129)78(132)61(117)40-109)102-85(138)54(19-24-69(125)126)103-82(135)51(16-21-65(120)96-36-57(113)74(128)77(131)60(116)39-108)100-67(122)6-4-25-92-80(133)42-7-10-44(11-8-42)94-33-45-34-98-79-72(99-45)86(139)106-87(91)105-79/h7-8,10-12,14,30,34,47-61,63,70-71,73-78,94,107-109,111-117,127-132H,3-6,9,13,15-29,31-33,35-41H2,1-2H3,(H,92,133)(H,93,134)(H,95,119)(H,96,120)(H,97,121)(H,100,122)(H,101,137)(H,102,138)(H,103,135)(H,104,136)(H,123,124)(H,125,126)(H3,91,98,105,106,139)/t47-,48-,49?,50-,51-,52-,53-,54-,55-,56-,57-,58-,59+,60+,61+,63+,70?,71?,73+,74+,75+,76+,77+,78+,89-,90+/m0/s1. The van der Waals surface area contributed by atoms with Crippen LogP contribution in [0.3, 0.4) is 0 Å². The van der Waals surface area contributed by atoms with Gasteiger partial charge < -0.3 is 175 Å². The maximum absolute atomic E-state index is 14.9. The number of carboxylic acids is 2. The van der Waals surface area contributed by atoms with Gasteiger partial charge >= 0.3 is 18.1 Å². The lowest BCUT2D eigenvalue weighted by Gasteiger charge is -2.56. The number of H-pyrrole nitrogens is 1. The maximum Gasteiger partial charge on any atom is 0.508 e. The second-order valence-electron chi connectivity index (χ2n) is 36.2. The Balaban J connectivity index is 0.949. The third kappa shape index (κ3) is 34.2. The molecule has 1 saturated heterocycles. The summed E-state index contributed by atoms with van der Waals surface area (Å²) in [5.74, 6) is -16.1. The highest BCUT2D eigenvalue weighted by molar-refractivity contribution is 8.76. The highest BCUT2D eigenvalue weighted by atomic mass is 33.1. The summed E-state index contributed by atoms with van der Waals surface area (Å²) < 4.78 is 23.8. The van der Waals surface area contributed by atoms with Crippen LogP contribution in [0.25, 0.3) is 11.2 Å². The fourth-order valence-corrected chi connectivity index (χ4v) is 19.8. The maximum atomic E-state index is 14.9. The number of carbonyl (C=O) groups excluding carboxylic acids is 13. The molecule has 5 aliphatic rings. The molecular weight excluding hydrogens is 1980 g/mol. The number of fused-ring (bicyclic) bond motifs is 8. The molecule has 3 saturated carbocycles. The predicted molar refractivity (Wildman–Crippen MR) is 508 cm³/mol. The lowest BCUT2D eigenvalue weighted by atomic mass is 9.49. The Kier molecular flexibility index (Phi) is 47.6. The van der Waals surface area contributed by atoms with E-state index in [1.807, 2.05) is 19.9 Å². The second kappa shape index (κ2) is 57.9. The van der Waals surface area contributed by atoms with E-state index in [-0.39, 0.29) is 103 Å². The molecule has 812 valence electrons. The lowest BCUT2D eigenvalue weighted by Crippen LogP contribution is -2.62. The monoisotopic (exact) mass is 2110 g/mol. The summed E-state index contributed by atoms with van der Waals surface area (Å²) in [6, 6.07) is -4.20. The molecule has 3 aromatic rings. The van der Waals surface area contributed by atoms with Gasteiger partial charge in [0.05, 0.1) is 68.8 Å². The Morgan fingerprint density at radius 3 is 1.57 bits per heavy atom. The van der Waals surface area contributed by atoms with Gasteiger partial charge in [0, 0.05) is 105 Å². The van der Waals surface area contributed by atoms with E-state index in [0.29, 0.717) is 43.5 Å². The zero-order chi connectivity index (χ0) is 108. The number of carboxylic acid groups (broad SMARTS) is 2. The summed E-state index contributed by atoms with van der Waals surface area (Å²) in [6.45, 7) is -3.37. The van der Waals surface area contributed by atoms with Crippen molar-refractivity contribution in [3.8, 4) is 0 Å². The third-order valence-electron chi connectivity index (χ3n) is 25.9. The van der Waals surface area contributed by atoms with Crippen molar-refractivity contribution >= 4 is 133 Å². The first-order chi connectivity index (χ1) is 69.3. The molecule has 0 bridgehead atoms. The summed E-state index contributed by atoms with van der Waals surface area (Å²) in [6.07, 6.45) is -28.4. The molecule has 10 amide bonds. The summed E-state index contributed by atoms with van der Waals surface area (Å²) >= 11 is 0. The molecule has 146 heavy (non-hydrogen) atoms. The number of nitrogens with two attached hydrogens (primary N) is 1. The number of ether oxygens (including phenoxy) is 4. The number of nitrogens with one attached hydrogen (secondary N) is 12. The molecule has 4 fully saturated rings. The topological polar surface area (TPSA) is 887 Å². The van der Waals surface area contributed by atoms with Crippen LogP contribution in [0, 0.1) is 29.1 Å². The van der Waals surface area contributed by atoms with Gasteiger partial charge in [0.25, 0.3) is 11.5 Å². The van der Waals surface area contributed by atoms with E-state index in [0.717, 1.165) is 27.2 Å². The van der Waals surface area contributed by atoms with E-state index in [1.165, 1.54) is 24.4 Å². The Bertz CT molecular complexity index is 5090. The molecule has 0 radical (unpaired) electrons. The number of nitrogen functional groups attached to an aromatic ring is 1. The molecule has 54 nitrogen and oxygen atoms in total. The lowest BCUT2D eigenvalue weighted by molar-refractivity contribution is -0.197. The van der Waals surface area contributed by atoms with Crippen LogP contribution in [0.15, 0.2) is 59.1 Å². The molecule has 3 unspecified atom stereocenters. The van der Waals surface area contributed by atoms with Gasteiger partial charge in [-0.25, -0.2) is 14.8 Å². The van der Waals surface area contributed by atoms with Crippen LogP contribution < -0.4 is 69.8 Å². The quantitative estimate of drug-likeness (QED) is 0.0142. The van der Waals surface area contributed by atoms with E-state index < -0.39 is 338 Å². The number of rotatable bonds is 63. The number of Topliss-reactive ketones (excluding diaryl/α,β-unsaturated/α-hetero) is 1. The Hall–Kier alpha value is -11.3. The van der Waals surface area contributed by atoms with E-state index >= 15 is 0 Å². The Labute approximate surface area is 841 Å². The van der Waals surface area contributed by atoms with Gasteiger partial charge in [-0.1, -0.05) is 53.5 Å². The summed E-state index contributed by atoms with van der Waals surface area (Å²) in [5, 5.41) is 209. The number of benzene rings is 1. The zero-order valence-electron chi connectivity index (χ0n) is 79.8. The van der Waals surface area contributed by atoms with Crippen molar-refractivity contribution in [3.05, 3.63) is 75.9 Å². The number of aromatic amines is 1. The molecule has 1 aromatic carbocycles.